The first kappa shape index (κ1) is 20.3. The third-order valence-electron chi connectivity index (χ3n) is 4.25. The van der Waals surface area contributed by atoms with Crippen LogP contribution in [0.15, 0.2) is 34.1 Å². The van der Waals surface area contributed by atoms with Gasteiger partial charge in [0, 0.05) is 28.6 Å². The molecule has 0 aliphatic carbocycles. The summed E-state index contributed by atoms with van der Waals surface area (Å²) >= 11 is 5.06. The minimum atomic E-state index is -0.898. The highest BCUT2D eigenvalue weighted by Crippen LogP contribution is 2.32. The van der Waals surface area contributed by atoms with Crippen LogP contribution >= 0.6 is 27.3 Å². The van der Waals surface area contributed by atoms with Crippen LogP contribution in [-0.2, 0) is 17.6 Å². The fourth-order valence-corrected chi connectivity index (χ4v) is 4.26. The molecule has 3 aromatic rings. The minimum absolute atomic E-state index is 0.0896. The molecule has 2 heterocycles. The predicted molar refractivity (Wildman–Crippen MR) is 115 cm³/mol. The van der Waals surface area contributed by atoms with Crippen LogP contribution in [0, 0.1) is 6.92 Å². The Morgan fingerprint density at radius 2 is 2.07 bits per heavy atom. The van der Waals surface area contributed by atoms with Crippen LogP contribution in [0.1, 0.15) is 23.7 Å². The highest BCUT2D eigenvalue weighted by molar-refractivity contribution is 9.11. The molecule has 0 fully saturated rings. The summed E-state index contributed by atoms with van der Waals surface area (Å²) in [7, 11) is 1.53. The molecule has 28 heavy (non-hydrogen) atoms. The zero-order chi connectivity index (χ0) is 20.3. The lowest BCUT2D eigenvalue weighted by molar-refractivity contribution is -0.136. The number of ether oxygens (including phenoxy) is 1. The number of benzene rings is 1. The van der Waals surface area contributed by atoms with Crippen molar-refractivity contribution in [2.24, 2.45) is 0 Å². The quantitative estimate of drug-likeness (QED) is 0.501. The summed E-state index contributed by atoms with van der Waals surface area (Å²) in [6, 6.07) is 9.34. The second kappa shape index (κ2) is 8.70. The Hall–Kier alpha value is -2.45. The van der Waals surface area contributed by atoms with Gasteiger partial charge in [0.05, 0.1) is 22.2 Å². The smallest absolute Gasteiger partial charge is 0.307 e. The van der Waals surface area contributed by atoms with Gasteiger partial charge in [-0.05, 0) is 47.5 Å². The zero-order valence-electron chi connectivity index (χ0n) is 15.7. The number of carboxylic acid groups (broad SMARTS) is 1. The van der Waals surface area contributed by atoms with E-state index in [0.717, 1.165) is 37.8 Å². The number of nitrogens with zero attached hydrogens (tertiary/aromatic N) is 2. The molecule has 0 radical (unpaired) electrons. The van der Waals surface area contributed by atoms with Gasteiger partial charge in [0.2, 0.25) is 0 Å². The maximum absolute atomic E-state index is 11.0. The second-order valence-corrected chi connectivity index (χ2v) is 8.60. The van der Waals surface area contributed by atoms with Crippen LogP contribution in [-0.4, -0.2) is 28.2 Å². The van der Waals surface area contributed by atoms with Crippen LogP contribution in [0.4, 0.5) is 11.5 Å². The van der Waals surface area contributed by atoms with E-state index in [1.807, 2.05) is 25.1 Å². The SMILES string of the molecule is CCc1c(C)nc(-c2ccc(Br)s2)nc1Nc1ccc(CC(=O)O)c(OC)c1. The lowest BCUT2D eigenvalue weighted by Crippen LogP contribution is -2.06. The first-order valence-electron chi connectivity index (χ1n) is 8.70. The van der Waals surface area contributed by atoms with Gasteiger partial charge in [-0.25, -0.2) is 9.97 Å². The minimum Gasteiger partial charge on any atom is -0.496 e. The third kappa shape index (κ3) is 4.51. The third-order valence-corrected chi connectivity index (χ3v) is 5.87. The highest BCUT2D eigenvalue weighted by atomic mass is 79.9. The molecule has 0 bridgehead atoms. The molecule has 6 nitrogen and oxygen atoms in total. The Morgan fingerprint density at radius 3 is 2.68 bits per heavy atom. The van der Waals surface area contributed by atoms with Crippen LogP contribution in [0.3, 0.4) is 0 Å². The van der Waals surface area contributed by atoms with Gasteiger partial charge in [0.25, 0.3) is 0 Å². The molecule has 0 aliphatic rings. The number of aromatic nitrogens is 2. The van der Waals surface area contributed by atoms with Gasteiger partial charge in [-0.3, -0.25) is 4.79 Å². The molecule has 8 heteroatoms. The topological polar surface area (TPSA) is 84.3 Å². The number of aryl methyl sites for hydroxylation is 1. The van der Waals surface area contributed by atoms with Crippen molar-refractivity contribution >= 4 is 44.7 Å². The van der Waals surface area contributed by atoms with Crippen molar-refractivity contribution in [3.63, 3.8) is 0 Å². The Kier molecular flexibility index (Phi) is 6.31. The number of nitrogens with one attached hydrogen (secondary N) is 1. The van der Waals surface area contributed by atoms with Crippen LogP contribution in [0.5, 0.6) is 5.75 Å². The van der Waals surface area contributed by atoms with Gasteiger partial charge in [-0.1, -0.05) is 13.0 Å². The number of anilines is 2. The Labute approximate surface area is 175 Å². The highest BCUT2D eigenvalue weighted by Gasteiger charge is 2.15. The molecule has 0 aliphatic heterocycles. The van der Waals surface area contributed by atoms with E-state index in [9.17, 15) is 4.79 Å². The molecule has 0 saturated carbocycles. The van der Waals surface area contributed by atoms with Crippen molar-refractivity contribution in [3.05, 3.63) is 50.9 Å². The molecule has 0 atom stereocenters. The second-order valence-electron chi connectivity index (χ2n) is 6.14. The van der Waals surface area contributed by atoms with Gasteiger partial charge in [-0.15, -0.1) is 11.3 Å². The lowest BCUT2D eigenvalue weighted by atomic mass is 10.1. The Balaban J connectivity index is 1.99. The molecule has 0 saturated heterocycles. The van der Waals surface area contributed by atoms with Crippen molar-refractivity contribution in [1.82, 2.24) is 9.97 Å². The maximum Gasteiger partial charge on any atom is 0.307 e. The summed E-state index contributed by atoms with van der Waals surface area (Å²) in [5.74, 6) is 1.04. The van der Waals surface area contributed by atoms with Crippen molar-refractivity contribution in [2.75, 3.05) is 12.4 Å². The van der Waals surface area contributed by atoms with E-state index in [0.29, 0.717) is 17.1 Å². The zero-order valence-corrected chi connectivity index (χ0v) is 18.1. The number of carboxylic acids is 1. The van der Waals surface area contributed by atoms with Gasteiger partial charge in [-0.2, -0.15) is 0 Å². The van der Waals surface area contributed by atoms with Gasteiger partial charge < -0.3 is 15.2 Å². The van der Waals surface area contributed by atoms with E-state index in [4.69, 9.17) is 14.8 Å². The summed E-state index contributed by atoms with van der Waals surface area (Å²) in [6.07, 6.45) is 0.699. The number of thiophene rings is 1. The van der Waals surface area contributed by atoms with E-state index in [-0.39, 0.29) is 6.42 Å². The average Bonchev–Trinajstić information content (AvgIpc) is 3.08. The maximum atomic E-state index is 11.0. The Bertz CT molecular complexity index is 1020. The lowest BCUT2D eigenvalue weighted by Gasteiger charge is -2.15. The van der Waals surface area contributed by atoms with Crippen LogP contribution < -0.4 is 10.1 Å². The van der Waals surface area contributed by atoms with Crippen molar-refractivity contribution in [1.29, 1.82) is 0 Å². The first-order valence-corrected chi connectivity index (χ1v) is 10.3. The summed E-state index contributed by atoms with van der Waals surface area (Å²) in [5.41, 5.74) is 3.36. The number of hydrogen-bond acceptors (Lipinski definition) is 6. The standard InChI is InChI=1S/C20H20BrN3O3S/c1-4-14-11(2)22-20(16-7-8-17(21)28-16)24-19(14)23-13-6-5-12(9-18(25)26)15(10-13)27-3/h5-8,10H,4,9H2,1-3H3,(H,25,26)(H,22,23,24). The van der Waals surface area contributed by atoms with Crippen molar-refractivity contribution in [3.8, 4) is 16.5 Å². The first-order chi connectivity index (χ1) is 13.4. The number of methoxy groups -OCH3 is 1. The van der Waals surface area contributed by atoms with Crippen LogP contribution in [0.25, 0.3) is 10.7 Å². The van der Waals surface area contributed by atoms with E-state index >= 15 is 0 Å². The Morgan fingerprint density at radius 1 is 1.29 bits per heavy atom. The number of carbonyl (C=O) groups is 1. The number of rotatable bonds is 7. The molecular weight excluding hydrogens is 442 g/mol. The molecule has 2 N–H and O–H groups in total. The molecular formula is C20H20BrN3O3S. The summed E-state index contributed by atoms with van der Waals surface area (Å²) in [6.45, 7) is 4.04. The van der Waals surface area contributed by atoms with E-state index in [1.165, 1.54) is 7.11 Å². The molecule has 0 spiro atoms. The van der Waals surface area contributed by atoms with Gasteiger partial charge in [0.1, 0.15) is 11.6 Å². The molecule has 0 unspecified atom stereocenters. The molecule has 1 aromatic carbocycles. The van der Waals surface area contributed by atoms with E-state index in [1.54, 1.807) is 23.5 Å². The number of aliphatic carboxylic acids is 1. The van der Waals surface area contributed by atoms with Crippen LogP contribution in [0.2, 0.25) is 0 Å². The fraction of sp³-hybridized carbons (Fsp3) is 0.250. The molecule has 0 amide bonds. The number of hydrogen-bond donors (Lipinski definition) is 2. The largest absolute Gasteiger partial charge is 0.496 e. The fourth-order valence-electron chi connectivity index (χ4n) is 2.94. The number of halogens is 1. The summed E-state index contributed by atoms with van der Waals surface area (Å²) in [5, 5.41) is 12.4. The summed E-state index contributed by atoms with van der Waals surface area (Å²) in [4.78, 5) is 21.4. The summed E-state index contributed by atoms with van der Waals surface area (Å²) < 4.78 is 6.39. The van der Waals surface area contributed by atoms with Gasteiger partial charge >= 0.3 is 5.97 Å². The van der Waals surface area contributed by atoms with Crippen molar-refractivity contribution < 1.29 is 14.6 Å². The van der Waals surface area contributed by atoms with E-state index < -0.39 is 5.97 Å². The van der Waals surface area contributed by atoms with E-state index in [2.05, 4.69) is 33.2 Å². The molecule has 2 aromatic heterocycles. The normalized spacial score (nSPS) is 10.7. The average molecular weight is 462 g/mol. The predicted octanol–water partition coefficient (Wildman–Crippen LogP) is 5.22. The molecule has 146 valence electrons. The van der Waals surface area contributed by atoms with Crippen molar-refractivity contribution in [2.45, 2.75) is 26.7 Å². The molecule has 3 rings (SSSR count). The van der Waals surface area contributed by atoms with Gasteiger partial charge in [0.15, 0.2) is 5.82 Å². The monoisotopic (exact) mass is 461 g/mol.